The monoisotopic (exact) mass is 409 g/mol. The van der Waals surface area contributed by atoms with Gasteiger partial charge in [-0.1, -0.05) is 25.5 Å². The highest BCUT2D eigenvalue weighted by Gasteiger charge is 2.60. The summed E-state index contributed by atoms with van der Waals surface area (Å²) in [5, 5.41) is 0. The van der Waals surface area contributed by atoms with Crippen molar-refractivity contribution in [3.05, 3.63) is 23.3 Å². The maximum absolute atomic E-state index is 12.0. The average molecular weight is 409 g/mol. The van der Waals surface area contributed by atoms with Crippen molar-refractivity contribution in [3.8, 4) is 0 Å². The van der Waals surface area contributed by atoms with Crippen LogP contribution in [0, 0.1) is 28.6 Å². The van der Waals surface area contributed by atoms with E-state index in [0.717, 1.165) is 44.1 Å². The molecule has 28 heavy (non-hydrogen) atoms. The van der Waals surface area contributed by atoms with Crippen molar-refractivity contribution in [2.24, 2.45) is 34.5 Å². The number of carbonyl (C=O) groups excluding carboxylic acids is 1. The van der Waals surface area contributed by atoms with Gasteiger partial charge in [-0.3, -0.25) is 9.32 Å². The zero-order valence-corrected chi connectivity index (χ0v) is 17.9. The van der Waals surface area contributed by atoms with E-state index in [9.17, 15) is 14.3 Å². The van der Waals surface area contributed by atoms with Crippen LogP contribution < -0.4 is 5.90 Å². The van der Waals surface area contributed by atoms with Gasteiger partial charge in [-0.15, -0.1) is 0 Å². The molecule has 5 unspecified atom stereocenters. The van der Waals surface area contributed by atoms with Gasteiger partial charge in [0.05, 0.1) is 6.10 Å². The molecule has 0 radical (unpaired) electrons. The minimum absolute atomic E-state index is 0.0305. The number of fused-ring (bicyclic) bond motifs is 5. The van der Waals surface area contributed by atoms with Gasteiger partial charge in [0.15, 0.2) is 5.78 Å². The molecule has 4 aliphatic carbocycles. The molecule has 156 valence electrons. The Balaban J connectivity index is 1.66. The molecule has 7 heteroatoms. The van der Waals surface area contributed by atoms with E-state index in [2.05, 4.69) is 24.5 Å². The summed E-state index contributed by atoms with van der Waals surface area (Å²) in [6.45, 7) is 6.62. The van der Waals surface area contributed by atoms with Crippen molar-refractivity contribution >= 4 is 13.6 Å². The quantitative estimate of drug-likeness (QED) is 0.406. The fourth-order valence-corrected chi connectivity index (χ4v) is 7.77. The number of hydrogen-bond donors (Lipinski definition) is 2. The number of ketones is 1. The second kappa shape index (κ2) is 6.88. The zero-order valence-electron chi connectivity index (χ0n) is 17.0. The summed E-state index contributed by atoms with van der Waals surface area (Å²) >= 11 is 0. The van der Waals surface area contributed by atoms with Crippen LogP contribution in [-0.2, 0) is 18.5 Å². The molecule has 0 heterocycles. The fraction of sp³-hybridized carbons (Fsp3) is 0.762. The third-order valence-corrected chi connectivity index (χ3v) is 9.32. The van der Waals surface area contributed by atoms with E-state index < -0.39 is 13.9 Å². The number of carbonyl (C=O) groups is 1. The second-order valence-corrected chi connectivity index (χ2v) is 10.9. The Hall–Kier alpha value is -0.780. The normalized spacial score (nSPS) is 46.4. The lowest BCUT2D eigenvalue weighted by Gasteiger charge is -2.57. The topological polar surface area (TPSA) is 98.8 Å². The standard InChI is InChI=1S/C21H32NO5P/c1-4-16-19(26-28(24,25)27-22)12-18-15-6-5-13-11-14(23)7-9-20(13,2)17(15)8-10-21(16,18)3/h4,11,15,17-19H,5-10,12,22H2,1-3H3,(H,24,25)/t15?,17?,18?,19?,20-,21+/m0/s1. The number of allylic oxidation sites excluding steroid dienone is 2. The van der Waals surface area contributed by atoms with E-state index in [-0.39, 0.29) is 16.6 Å². The Labute approximate surface area is 167 Å². The van der Waals surface area contributed by atoms with Crippen molar-refractivity contribution in [2.75, 3.05) is 0 Å². The molecule has 7 atom stereocenters. The summed E-state index contributed by atoms with van der Waals surface area (Å²) < 4.78 is 21.7. The van der Waals surface area contributed by atoms with Gasteiger partial charge in [0.2, 0.25) is 0 Å². The van der Waals surface area contributed by atoms with Gasteiger partial charge in [0.1, 0.15) is 0 Å². The summed E-state index contributed by atoms with van der Waals surface area (Å²) in [5.74, 6) is 6.74. The first-order valence-electron chi connectivity index (χ1n) is 10.4. The SMILES string of the molecule is CC=C1C(OP(=O)(O)ON)CC2C3CCC4=CC(=O)CC[C@]4(C)C3CC[C@]12C. The Morgan fingerprint density at radius 2 is 1.96 bits per heavy atom. The summed E-state index contributed by atoms with van der Waals surface area (Å²) in [6, 6.07) is 0. The van der Waals surface area contributed by atoms with Crippen molar-refractivity contribution in [3.63, 3.8) is 0 Å². The van der Waals surface area contributed by atoms with Crippen LogP contribution in [0.15, 0.2) is 23.3 Å². The molecule has 0 amide bonds. The summed E-state index contributed by atoms with van der Waals surface area (Å²) in [5.41, 5.74) is 2.53. The number of rotatable bonds is 3. The summed E-state index contributed by atoms with van der Waals surface area (Å²) in [7, 11) is -4.25. The summed E-state index contributed by atoms with van der Waals surface area (Å²) in [4.78, 5) is 21.8. The molecule has 0 aromatic rings. The van der Waals surface area contributed by atoms with Gasteiger partial charge < -0.3 is 4.89 Å². The van der Waals surface area contributed by atoms with E-state index >= 15 is 0 Å². The molecule has 0 bridgehead atoms. The second-order valence-electron chi connectivity index (χ2n) is 9.57. The van der Waals surface area contributed by atoms with Crippen LogP contribution in [-0.4, -0.2) is 16.8 Å². The van der Waals surface area contributed by atoms with Crippen molar-refractivity contribution in [1.82, 2.24) is 0 Å². The van der Waals surface area contributed by atoms with Crippen LogP contribution in [0.5, 0.6) is 0 Å². The molecule has 0 saturated heterocycles. The third-order valence-electron chi connectivity index (χ3n) is 8.53. The molecule has 3 saturated carbocycles. The number of hydrogen-bond acceptors (Lipinski definition) is 5. The molecule has 4 aliphatic rings. The maximum Gasteiger partial charge on any atom is 0.489 e. The molecule has 6 nitrogen and oxygen atoms in total. The maximum atomic E-state index is 12.0. The molecule has 0 spiro atoms. The lowest BCUT2D eigenvalue weighted by molar-refractivity contribution is -0.117. The van der Waals surface area contributed by atoms with Gasteiger partial charge in [0.25, 0.3) is 0 Å². The average Bonchev–Trinajstić information content (AvgIpc) is 2.92. The minimum Gasteiger partial charge on any atom is -0.301 e. The van der Waals surface area contributed by atoms with Gasteiger partial charge in [0, 0.05) is 6.42 Å². The highest BCUT2D eigenvalue weighted by Crippen LogP contribution is 2.67. The minimum atomic E-state index is -4.25. The van der Waals surface area contributed by atoms with Crippen LogP contribution in [0.4, 0.5) is 0 Å². The van der Waals surface area contributed by atoms with E-state index in [4.69, 9.17) is 10.4 Å². The highest BCUT2D eigenvalue weighted by molar-refractivity contribution is 7.47. The van der Waals surface area contributed by atoms with Gasteiger partial charge >= 0.3 is 7.82 Å². The summed E-state index contributed by atoms with van der Waals surface area (Å²) in [6.07, 6.45) is 10.1. The van der Waals surface area contributed by atoms with Crippen molar-refractivity contribution < 1.29 is 23.4 Å². The van der Waals surface area contributed by atoms with Gasteiger partial charge in [-0.25, -0.2) is 15.1 Å². The predicted octanol–water partition coefficient (Wildman–Crippen LogP) is 4.45. The molecular weight excluding hydrogens is 377 g/mol. The molecule has 3 N–H and O–H groups in total. The van der Waals surface area contributed by atoms with E-state index in [0.29, 0.717) is 24.2 Å². The Morgan fingerprint density at radius 3 is 2.64 bits per heavy atom. The molecule has 0 aromatic carbocycles. The smallest absolute Gasteiger partial charge is 0.301 e. The first kappa shape index (κ1) is 20.5. The number of phosphoric acid groups is 1. The van der Waals surface area contributed by atoms with Crippen LogP contribution in [0.25, 0.3) is 0 Å². The van der Waals surface area contributed by atoms with Crippen LogP contribution >= 0.6 is 7.82 Å². The number of nitrogens with two attached hydrogens (primary N) is 1. The first-order valence-corrected chi connectivity index (χ1v) is 11.9. The van der Waals surface area contributed by atoms with E-state index in [1.807, 2.05) is 13.0 Å². The Bertz CT molecular complexity index is 792. The Morgan fingerprint density at radius 1 is 1.21 bits per heavy atom. The van der Waals surface area contributed by atoms with Crippen molar-refractivity contribution in [2.45, 2.75) is 71.8 Å². The van der Waals surface area contributed by atoms with Crippen molar-refractivity contribution in [1.29, 1.82) is 0 Å². The Kier molecular flexibility index (Phi) is 5.04. The van der Waals surface area contributed by atoms with E-state index in [1.165, 1.54) is 5.57 Å². The lowest BCUT2D eigenvalue weighted by atomic mass is 9.47. The van der Waals surface area contributed by atoms with Crippen LogP contribution in [0.3, 0.4) is 0 Å². The fourth-order valence-electron chi connectivity index (χ4n) is 7.20. The molecule has 3 fully saturated rings. The number of phosphoric ester groups is 1. The molecular formula is C21H32NO5P. The largest absolute Gasteiger partial charge is 0.489 e. The van der Waals surface area contributed by atoms with Gasteiger partial charge in [-0.2, -0.15) is 0 Å². The lowest BCUT2D eigenvalue weighted by Crippen LogP contribution is -2.49. The van der Waals surface area contributed by atoms with E-state index in [1.54, 1.807) is 0 Å². The van der Waals surface area contributed by atoms with Crippen LogP contribution in [0.1, 0.15) is 65.7 Å². The van der Waals surface area contributed by atoms with Gasteiger partial charge in [-0.05, 0) is 85.7 Å². The third kappa shape index (κ3) is 3.00. The predicted molar refractivity (Wildman–Crippen MR) is 106 cm³/mol. The molecule has 0 aliphatic heterocycles. The first-order chi connectivity index (χ1) is 13.1. The van der Waals surface area contributed by atoms with Crippen LogP contribution in [0.2, 0.25) is 0 Å². The molecule has 4 rings (SSSR count). The molecule has 0 aromatic heterocycles. The highest BCUT2D eigenvalue weighted by atomic mass is 31.2. The zero-order chi connectivity index (χ0) is 20.3.